The number of hydrogen-bond acceptors (Lipinski definition) is 4. The Morgan fingerprint density at radius 1 is 1.48 bits per heavy atom. The lowest BCUT2D eigenvalue weighted by Gasteiger charge is -2.09. The van der Waals surface area contributed by atoms with Crippen LogP contribution in [0.4, 0.5) is 5.69 Å². The fourth-order valence-electron chi connectivity index (χ4n) is 2.57. The zero-order valence-electron chi connectivity index (χ0n) is 11.6. The second-order valence-electron chi connectivity index (χ2n) is 5.15. The standard InChI is InChI=1S/C15H16BrN3O2/c1-21-13-5-3-2-4-10(13)11-6-9(11)7-17-12-8-18-19-15(20)14(12)16/h2-5,8-9,11H,6-7H2,1H3,(H2,17,19,20)/t9-,11+/m0/s1. The highest BCUT2D eigenvalue weighted by Gasteiger charge is 2.39. The molecule has 1 aromatic carbocycles. The van der Waals surface area contributed by atoms with Crippen LogP contribution in [0.3, 0.4) is 0 Å². The molecule has 110 valence electrons. The Kier molecular flexibility index (Phi) is 3.96. The van der Waals surface area contributed by atoms with Crippen LogP contribution in [-0.4, -0.2) is 23.9 Å². The van der Waals surface area contributed by atoms with E-state index in [1.807, 2.05) is 18.2 Å². The van der Waals surface area contributed by atoms with Crippen LogP contribution in [0.1, 0.15) is 17.9 Å². The topological polar surface area (TPSA) is 67.0 Å². The van der Waals surface area contributed by atoms with E-state index in [4.69, 9.17) is 4.74 Å². The van der Waals surface area contributed by atoms with Crippen LogP contribution in [0, 0.1) is 5.92 Å². The minimum atomic E-state index is -0.225. The Bertz CT molecular complexity index is 701. The first-order valence-corrected chi connectivity index (χ1v) is 7.60. The summed E-state index contributed by atoms with van der Waals surface area (Å²) in [7, 11) is 1.70. The molecule has 2 aromatic rings. The maximum Gasteiger partial charge on any atom is 0.280 e. The molecule has 0 bridgehead atoms. The maximum atomic E-state index is 11.4. The molecule has 2 atom stereocenters. The third-order valence-corrected chi connectivity index (χ3v) is 4.60. The summed E-state index contributed by atoms with van der Waals surface area (Å²) in [6, 6.07) is 8.14. The fourth-order valence-corrected chi connectivity index (χ4v) is 2.91. The van der Waals surface area contributed by atoms with Gasteiger partial charge in [0.05, 0.1) is 19.0 Å². The van der Waals surface area contributed by atoms with Crippen LogP contribution in [0.25, 0.3) is 0 Å². The molecule has 0 radical (unpaired) electrons. The second-order valence-corrected chi connectivity index (χ2v) is 5.94. The lowest BCUT2D eigenvalue weighted by molar-refractivity contribution is 0.409. The van der Waals surface area contributed by atoms with Crippen molar-refractivity contribution >= 4 is 21.6 Å². The number of halogens is 1. The zero-order chi connectivity index (χ0) is 14.8. The molecular weight excluding hydrogens is 334 g/mol. The minimum absolute atomic E-state index is 0.225. The molecule has 5 nitrogen and oxygen atoms in total. The van der Waals surface area contributed by atoms with Gasteiger partial charge in [0.1, 0.15) is 10.2 Å². The Morgan fingerprint density at radius 3 is 3.10 bits per heavy atom. The van der Waals surface area contributed by atoms with Crippen LogP contribution in [0.2, 0.25) is 0 Å². The number of nitrogens with zero attached hydrogens (tertiary/aromatic N) is 1. The summed E-state index contributed by atoms with van der Waals surface area (Å²) in [4.78, 5) is 11.4. The van der Waals surface area contributed by atoms with Crippen molar-refractivity contribution in [1.82, 2.24) is 10.2 Å². The van der Waals surface area contributed by atoms with E-state index in [9.17, 15) is 4.79 Å². The van der Waals surface area contributed by atoms with E-state index in [1.165, 1.54) is 5.56 Å². The molecular formula is C15H16BrN3O2. The molecule has 3 rings (SSSR count). The highest BCUT2D eigenvalue weighted by atomic mass is 79.9. The lowest BCUT2D eigenvalue weighted by Crippen LogP contribution is -2.13. The van der Waals surface area contributed by atoms with Crippen molar-refractivity contribution in [3.05, 3.63) is 50.9 Å². The molecule has 0 unspecified atom stereocenters. The van der Waals surface area contributed by atoms with Gasteiger partial charge in [0.2, 0.25) is 0 Å². The quantitative estimate of drug-likeness (QED) is 0.870. The highest BCUT2D eigenvalue weighted by Crippen LogP contribution is 2.50. The minimum Gasteiger partial charge on any atom is -0.496 e. The molecule has 1 heterocycles. The first kappa shape index (κ1) is 14.1. The zero-order valence-corrected chi connectivity index (χ0v) is 13.2. The third-order valence-electron chi connectivity index (χ3n) is 3.81. The van der Waals surface area contributed by atoms with Crippen molar-refractivity contribution in [2.24, 2.45) is 5.92 Å². The van der Waals surface area contributed by atoms with Crippen LogP contribution >= 0.6 is 15.9 Å². The summed E-state index contributed by atoms with van der Waals surface area (Å²) < 4.78 is 5.90. The number of para-hydroxylation sites is 1. The summed E-state index contributed by atoms with van der Waals surface area (Å²) in [5.41, 5.74) is 1.76. The number of anilines is 1. The maximum absolute atomic E-state index is 11.4. The fraction of sp³-hybridized carbons (Fsp3) is 0.333. The molecule has 1 aromatic heterocycles. The Morgan fingerprint density at radius 2 is 2.29 bits per heavy atom. The van der Waals surface area contributed by atoms with Gasteiger partial charge in [-0.05, 0) is 45.8 Å². The van der Waals surface area contributed by atoms with Crippen molar-refractivity contribution in [3.8, 4) is 5.75 Å². The molecule has 1 aliphatic rings. The van der Waals surface area contributed by atoms with Gasteiger partial charge in [-0.3, -0.25) is 4.79 Å². The van der Waals surface area contributed by atoms with E-state index in [2.05, 4.69) is 37.5 Å². The van der Waals surface area contributed by atoms with Gasteiger partial charge >= 0.3 is 0 Å². The van der Waals surface area contributed by atoms with Gasteiger partial charge in [0, 0.05) is 6.54 Å². The van der Waals surface area contributed by atoms with E-state index >= 15 is 0 Å². The molecule has 1 fully saturated rings. The van der Waals surface area contributed by atoms with Gasteiger partial charge in [0.25, 0.3) is 5.56 Å². The van der Waals surface area contributed by atoms with Crippen LogP contribution in [0.5, 0.6) is 5.75 Å². The van der Waals surface area contributed by atoms with E-state index < -0.39 is 0 Å². The number of aromatic amines is 1. The average Bonchev–Trinajstić information content (AvgIpc) is 3.28. The first-order valence-electron chi connectivity index (χ1n) is 6.80. The second kappa shape index (κ2) is 5.89. The van der Waals surface area contributed by atoms with Crippen molar-refractivity contribution in [2.75, 3.05) is 19.0 Å². The van der Waals surface area contributed by atoms with E-state index in [0.29, 0.717) is 16.3 Å². The van der Waals surface area contributed by atoms with Crippen LogP contribution < -0.4 is 15.6 Å². The summed E-state index contributed by atoms with van der Waals surface area (Å²) in [6.45, 7) is 0.812. The summed E-state index contributed by atoms with van der Waals surface area (Å²) in [6.07, 6.45) is 2.74. The summed E-state index contributed by atoms with van der Waals surface area (Å²) in [5, 5.41) is 9.46. The SMILES string of the molecule is COc1ccccc1[C@@H]1C[C@H]1CNc1cn[nH]c(=O)c1Br. The molecule has 2 N–H and O–H groups in total. The predicted octanol–water partition coefficient (Wildman–Crippen LogP) is 2.76. The Hall–Kier alpha value is -1.82. The summed E-state index contributed by atoms with van der Waals surface area (Å²) in [5.74, 6) is 2.01. The molecule has 1 saturated carbocycles. The normalized spacial score (nSPS) is 20.1. The number of benzene rings is 1. The van der Waals surface area contributed by atoms with Gasteiger partial charge in [-0.2, -0.15) is 5.10 Å². The van der Waals surface area contributed by atoms with Crippen LogP contribution in [0.15, 0.2) is 39.7 Å². The average molecular weight is 350 g/mol. The molecule has 1 aliphatic carbocycles. The number of ether oxygens (including phenoxy) is 1. The number of hydrogen-bond donors (Lipinski definition) is 2. The lowest BCUT2D eigenvalue weighted by atomic mass is 10.1. The molecule has 0 amide bonds. The Labute approximate surface area is 130 Å². The van der Waals surface area contributed by atoms with Crippen LogP contribution in [-0.2, 0) is 0 Å². The number of methoxy groups -OCH3 is 1. The number of H-pyrrole nitrogens is 1. The van der Waals surface area contributed by atoms with Crippen molar-refractivity contribution in [1.29, 1.82) is 0 Å². The summed E-state index contributed by atoms with van der Waals surface area (Å²) >= 11 is 3.27. The smallest absolute Gasteiger partial charge is 0.280 e. The molecule has 21 heavy (non-hydrogen) atoms. The first-order chi connectivity index (χ1) is 10.2. The van der Waals surface area contributed by atoms with E-state index in [1.54, 1.807) is 13.3 Å². The van der Waals surface area contributed by atoms with Gasteiger partial charge in [-0.15, -0.1) is 0 Å². The molecule has 0 aliphatic heterocycles. The van der Waals surface area contributed by atoms with E-state index in [-0.39, 0.29) is 5.56 Å². The third kappa shape index (κ3) is 2.95. The van der Waals surface area contributed by atoms with Crippen molar-refractivity contribution < 1.29 is 4.74 Å². The van der Waals surface area contributed by atoms with Crippen molar-refractivity contribution in [2.45, 2.75) is 12.3 Å². The van der Waals surface area contributed by atoms with Gasteiger partial charge in [-0.1, -0.05) is 18.2 Å². The van der Waals surface area contributed by atoms with Gasteiger partial charge in [0.15, 0.2) is 0 Å². The Balaban J connectivity index is 1.64. The van der Waals surface area contributed by atoms with E-state index in [0.717, 1.165) is 24.4 Å². The van der Waals surface area contributed by atoms with Crippen molar-refractivity contribution in [3.63, 3.8) is 0 Å². The number of aromatic nitrogens is 2. The predicted molar refractivity (Wildman–Crippen MR) is 84.9 cm³/mol. The highest BCUT2D eigenvalue weighted by molar-refractivity contribution is 9.10. The molecule has 0 spiro atoms. The number of nitrogens with one attached hydrogen (secondary N) is 2. The van der Waals surface area contributed by atoms with Gasteiger partial charge in [-0.25, -0.2) is 5.10 Å². The monoisotopic (exact) mass is 349 g/mol. The largest absolute Gasteiger partial charge is 0.496 e. The number of rotatable bonds is 5. The van der Waals surface area contributed by atoms with Gasteiger partial charge < -0.3 is 10.1 Å². The molecule has 6 heteroatoms. The molecule has 0 saturated heterocycles.